The molecule has 4 heteroatoms. The van der Waals surface area contributed by atoms with Gasteiger partial charge in [0.2, 0.25) is 0 Å². The van der Waals surface area contributed by atoms with Crippen LogP contribution in [0.4, 0.5) is 5.69 Å². The molecule has 0 amide bonds. The third-order valence-electron chi connectivity index (χ3n) is 2.56. The lowest BCUT2D eigenvalue weighted by Crippen LogP contribution is -2.28. The number of hydrogen-bond donors (Lipinski definition) is 1. The van der Waals surface area contributed by atoms with Crippen LogP contribution in [0.2, 0.25) is 0 Å². The number of thiocarbonyl (C=S) groups is 1. The second-order valence-corrected chi connectivity index (χ2v) is 4.02. The molecular weight excluding hydrogens is 232 g/mol. The highest BCUT2D eigenvalue weighted by molar-refractivity contribution is 7.80. The average molecular weight is 252 g/mol. The summed E-state index contributed by atoms with van der Waals surface area (Å²) in [4.78, 5) is 2.30. The Bertz CT molecular complexity index is 325. The van der Waals surface area contributed by atoms with Gasteiger partial charge in [-0.2, -0.15) is 0 Å². The summed E-state index contributed by atoms with van der Waals surface area (Å²) in [5.41, 5.74) is 0.959. The first-order valence-electron chi connectivity index (χ1n) is 5.97. The topological polar surface area (TPSA) is 24.5 Å². The van der Waals surface area contributed by atoms with E-state index in [0.29, 0.717) is 11.8 Å². The Balaban J connectivity index is 2.22. The largest absolute Gasteiger partial charge is 0.469 e. The number of nitrogens with zero attached hydrogens (tertiary/aromatic N) is 1. The van der Waals surface area contributed by atoms with Gasteiger partial charge in [-0.05, 0) is 37.4 Å². The summed E-state index contributed by atoms with van der Waals surface area (Å²) in [5, 5.41) is 3.48. The predicted octanol–water partition coefficient (Wildman–Crippen LogP) is 2.74. The molecule has 94 valence electrons. The fraction of sp³-hybridized carbons (Fsp3) is 0.462. The van der Waals surface area contributed by atoms with Crippen molar-refractivity contribution >= 4 is 23.1 Å². The SMILES string of the molecule is CCN(CC)CCOC(=S)Nc1ccccc1. The van der Waals surface area contributed by atoms with Crippen molar-refractivity contribution in [2.45, 2.75) is 13.8 Å². The van der Waals surface area contributed by atoms with Crippen LogP contribution in [-0.2, 0) is 4.74 Å². The molecule has 0 saturated carbocycles. The molecule has 3 nitrogen and oxygen atoms in total. The summed E-state index contributed by atoms with van der Waals surface area (Å²) in [5.74, 6) is 0. The molecule has 0 radical (unpaired) electrons. The molecule has 1 aromatic carbocycles. The van der Waals surface area contributed by atoms with E-state index in [4.69, 9.17) is 17.0 Å². The summed E-state index contributed by atoms with van der Waals surface area (Å²) in [6.07, 6.45) is 0. The van der Waals surface area contributed by atoms with E-state index in [1.54, 1.807) is 0 Å². The lowest BCUT2D eigenvalue weighted by molar-refractivity contribution is 0.218. The Morgan fingerprint density at radius 3 is 2.47 bits per heavy atom. The maximum Gasteiger partial charge on any atom is 0.261 e. The fourth-order valence-electron chi connectivity index (χ4n) is 1.48. The Labute approximate surface area is 109 Å². The number of likely N-dealkylation sites (N-methyl/N-ethyl adjacent to an activating group) is 1. The summed E-state index contributed by atoms with van der Waals surface area (Å²) in [7, 11) is 0. The molecule has 17 heavy (non-hydrogen) atoms. The van der Waals surface area contributed by atoms with Gasteiger partial charge in [0.1, 0.15) is 6.61 Å². The molecule has 0 aliphatic carbocycles. The molecule has 0 aliphatic heterocycles. The lowest BCUT2D eigenvalue weighted by Gasteiger charge is -2.18. The summed E-state index contributed by atoms with van der Waals surface area (Å²) >= 11 is 5.11. The van der Waals surface area contributed by atoms with Gasteiger partial charge in [-0.3, -0.25) is 0 Å². The molecule has 1 rings (SSSR count). The molecule has 0 spiro atoms. The van der Waals surface area contributed by atoms with Crippen molar-refractivity contribution in [3.63, 3.8) is 0 Å². The number of ether oxygens (including phenoxy) is 1. The number of rotatable bonds is 6. The number of benzene rings is 1. The highest BCUT2D eigenvalue weighted by Crippen LogP contribution is 2.05. The molecular formula is C13H20N2OS. The minimum Gasteiger partial charge on any atom is -0.469 e. The van der Waals surface area contributed by atoms with Gasteiger partial charge in [0.25, 0.3) is 5.17 Å². The van der Waals surface area contributed by atoms with E-state index in [1.165, 1.54) is 0 Å². The van der Waals surface area contributed by atoms with E-state index in [0.717, 1.165) is 25.3 Å². The number of nitrogens with one attached hydrogen (secondary N) is 1. The number of anilines is 1. The molecule has 1 aromatic rings. The predicted molar refractivity (Wildman–Crippen MR) is 76.4 cm³/mol. The molecule has 0 aliphatic rings. The van der Waals surface area contributed by atoms with Crippen molar-refractivity contribution < 1.29 is 4.74 Å². The van der Waals surface area contributed by atoms with Gasteiger partial charge in [0.05, 0.1) is 0 Å². The van der Waals surface area contributed by atoms with Gasteiger partial charge in [0.15, 0.2) is 0 Å². The fourth-order valence-corrected chi connectivity index (χ4v) is 1.68. The first-order chi connectivity index (χ1) is 8.26. The van der Waals surface area contributed by atoms with Crippen molar-refractivity contribution in [1.82, 2.24) is 4.90 Å². The van der Waals surface area contributed by atoms with E-state index in [1.807, 2.05) is 30.3 Å². The van der Waals surface area contributed by atoms with Crippen LogP contribution in [0.5, 0.6) is 0 Å². The third kappa shape index (κ3) is 5.65. The third-order valence-corrected chi connectivity index (χ3v) is 2.78. The van der Waals surface area contributed by atoms with Crippen molar-refractivity contribution in [3.05, 3.63) is 30.3 Å². The Morgan fingerprint density at radius 2 is 1.88 bits per heavy atom. The maximum absolute atomic E-state index is 5.46. The zero-order valence-corrected chi connectivity index (χ0v) is 11.3. The van der Waals surface area contributed by atoms with E-state index >= 15 is 0 Å². The minimum atomic E-state index is 0.434. The van der Waals surface area contributed by atoms with Gasteiger partial charge in [0, 0.05) is 12.2 Å². The van der Waals surface area contributed by atoms with Crippen LogP contribution >= 0.6 is 12.2 Å². The Morgan fingerprint density at radius 1 is 1.24 bits per heavy atom. The first kappa shape index (κ1) is 13.9. The maximum atomic E-state index is 5.46. The summed E-state index contributed by atoms with van der Waals surface area (Å²) in [6.45, 7) is 7.90. The quantitative estimate of drug-likeness (QED) is 0.787. The van der Waals surface area contributed by atoms with Crippen LogP contribution in [0.1, 0.15) is 13.8 Å². The summed E-state index contributed by atoms with van der Waals surface area (Å²) in [6, 6.07) is 9.80. The van der Waals surface area contributed by atoms with Crippen LogP contribution in [0.25, 0.3) is 0 Å². The van der Waals surface area contributed by atoms with Crippen LogP contribution in [0, 0.1) is 0 Å². The first-order valence-corrected chi connectivity index (χ1v) is 6.38. The molecule has 0 unspecified atom stereocenters. The van der Waals surface area contributed by atoms with Gasteiger partial charge in [-0.15, -0.1) is 0 Å². The smallest absolute Gasteiger partial charge is 0.261 e. The molecule has 0 fully saturated rings. The van der Waals surface area contributed by atoms with Gasteiger partial charge in [-0.1, -0.05) is 32.0 Å². The Kier molecular flexibility index (Phi) is 6.58. The second-order valence-electron chi connectivity index (χ2n) is 3.65. The van der Waals surface area contributed by atoms with E-state index in [2.05, 4.69) is 24.1 Å². The average Bonchev–Trinajstić information content (AvgIpc) is 2.36. The molecule has 0 heterocycles. The van der Waals surface area contributed by atoms with Gasteiger partial charge < -0.3 is 15.0 Å². The summed E-state index contributed by atoms with van der Waals surface area (Å²) < 4.78 is 5.46. The zero-order chi connectivity index (χ0) is 12.5. The van der Waals surface area contributed by atoms with Crippen LogP contribution in [0.15, 0.2) is 30.3 Å². The molecule has 0 aromatic heterocycles. The number of hydrogen-bond acceptors (Lipinski definition) is 3. The highest BCUT2D eigenvalue weighted by Gasteiger charge is 2.01. The molecule has 0 saturated heterocycles. The van der Waals surface area contributed by atoms with E-state index < -0.39 is 0 Å². The van der Waals surface area contributed by atoms with Crippen molar-refractivity contribution in [2.75, 3.05) is 31.6 Å². The number of para-hydroxylation sites is 1. The minimum absolute atomic E-state index is 0.434. The van der Waals surface area contributed by atoms with Crippen LogP contribution in [0.3, 0.4) is 0 Å². The normalized spacial score (nSPS) is 10.3. The highest BCUT2D eigenvalue weighted by atomic mass is 32.1. The monoisotopic (exact) mass is 252 g/mol. The molecule has 1 N–H and O–H groups in total. The van der Waals surface area contributed by atoms with Gasteiger partial charge in [-0.25, -0.2) is 0 Å². The van der Waals surface area contributed by atoms with Crippen molar-refractivity contribution in [1.29, 1.82) is 0 Å². The van der Waals surface area contributed by atoms with Crippen LogP contribution < -0.4 is 5.32 Å². The van der Waals surface area contributed by atoms with E-state index in [-0.39, 0.29) is 0 Å². The zero-order valence-electron chi connectivity index (χ0n) is 10.5. The molecule has 0 bridgehead atoms. The standard InChI is InChI=1S/C13H20N2OS/c1-3-15(4-2)10-11-16-13(17)14-12-8-6-5-7-9-12/h5-9H,3-4,10-11H2,1-2H3,(H,14,17). The Hall–Kier alpha value is -1.13. The van der Waals surface area contributed by atoms with Crippen molar-refractivity contribution in [3.8, 4) is 0 Å². The lowest BCUT2D eigenvalue weighted by atomic mass is 10.3. The molecule has 0 atom stereocenters. The van der Waals surface area contributed by atoms with Crippen LogP contribution in [-0.4, -0.2) is 36.3 Å². The second kappa shape index (κ2) is 8.03. The van der Waals surface area contributed by atoms with Crippen molar-refractivity contribution in [2.24, 2.45) is 0 Å². The van der Waals surface area contributed by atoms with Gasteiger partial charge >= 0.3 is 0 Å². The van der Waals surface area contributed by atoms with E-state index in [9.17, 15) is 0 Å².